The molecule has 0 aliphatic heterocycles. The summed E-state index contributed by atoms with van der Waals surface area (Å²) in [4.78, 5) is 23.8. The molecule has 0 unspecified atom stereocenters. The minimum atomic E-state index is -0.524. The van der Waals surface area contributed by atoms with Gasteiger partial charge in [0.15, 0.2) is 5.76 Å². The normalized spacial score (nSPS) is 10.6. The van der Waals surface area contributed by atoms with E-state index in [1.807, 2.05) is 18.2 Å². The molecule has 3 rings (SSSR count). The van der Waals surface area contributed by atoms with Gasteiger partial charge in [-0.1, -0.05) is 41.4 Å². The van der Waals surface area contributed by atoms with Crippen LogP contribution in [0.1, 0.15) is 23.4 Å². The molecule has 0 saturated carbocycles. The highest BCUT2D eigenvalue weighted by Gasteiger charge is 2.13. The Labute approximate surface area is 165 Å². The molecule has 0 aliphatic carbocycles. The zero-order valence-corrected chi connectivity index (χ0v) is 15.6. The number of halogens is 2. The second kappa shape index (κ2) is 8.79. The fraction of sp³-hybridized carbons (Fsp3) is 0.158. The Morgan fingerprint density at radius 3 is 2.63 bits per heavy atom. The maximum absolute atomic E-state index is 12.0. The van der Waals surface area contributed by atoms with Crippen LogP contribution in [0.2, 0.25) is 10.0 Å². The van der Waals surface area contributed by atoms with Crippen LogP contribution in [0, 0.1) is 0 Å². The maximum atomic E-state index is 12.0. The summed E-state index contributed by atoms with van der Waals surface area (Å²) in [6.07, 6.45) is 0.622. The third-order valence-corrected chi connectivity index (χ3v) is 4.19. The second-order valence-electron chi connectivity index (χ2n) is 5.68. The third kappa shape index (κ3) is 5.15. The summed E-state index contributed by atoms with van der Waals surface area (Å²) in [5.74, 6) is -0.245. The first kappa shape index (κ1) is 19.1. The molecule has 2 amide bonds. The van der Waals surface area contributed by atoms with Gasteiger partial charge in [0.25, 0.3) is 0 Å². The van der Waals surface area contributed by atoms with Crippen molar-refractivity contribution in [1.82, 2.24) is 10.9 Å². The fourth-order valence-corrected chi connectivity index (χ4v) is 2.81. The van der Waals surface area contributed by atoms with Crippen molar-refractivity contribution in [3.05, 3.63) is 64.3 Å². The lowest BCUT2D eigenvalue weighted by molar-refractivity contribution is -0.122. The van der Waals surface area contributed by atoms with Crippen LogP contribution in [0.25, 0.3) is 11.0 Å². The molecule has 2 N–H and O–H groups in total. The third-order valence-electron chi connectivity index (χ3n) is 3.66. The molecule has 1 heterocycles. The van der Waals surface area contributed by atoms with E-state index >= 15 is 0 Å². The number of rotatable bonds is 6. The molecule has 1 aromatic heterocycles. The van der Waals surface area contributed by atoms with Gasteiger partial charge < -0.3 is 9.15 Å². The van der Waals surface area contributed by atoms with Crippen LogP contribution >= 0.6 is 23.2 Å². The first-order valence-electron chi connectivity index (χ1n) is 8.18. The summed E-state index contributed by atoms with van der Waals surface area (Å²) < 4.78 is 10.9. The topological polar surface area (TPSA) is 80.6 Å². The number of fused-ring (bicyclic) bond motifs is 1. The lowest BCUT2D eigenvalue weighted by Gasteiger charge is -2.09. The van der Waals surface area contributed by atoms with E-state index in [1.165, 1.54) is 0 Å². The van der Waals surface area contributed by atoms with Crippen molar-refractivity contribution >= 4 is 46.0 Å². The van der Waals surface area contributed by atoms with Crippen LogP contribution in [-0.2, 0) is 4.79 Å². The SMILES string of the molecule is O=C(CCCOc1ccc(Cl)cc1Cl)NNC(=O)c1cc2ccccc2o1. The predicted molar refractivity (Wildman–Crippen MR) is 103 cm³/mol. The van der Waals surface area contributed by atoms with Gasteiger partial charge in [-0.2, -0.15) is 0 Å². The molecular weight excluding hydrogens is 391 g/mol. The molecule has 140 valence electrons. The molecule has 0 aliphatic rings. The van der Waals surface area contributed by atoms with E-state index < -0.39 is 5.91 Å². The number of ether oxygens (including phenoxy) is 1. The Kier molecular flexibility index (Phi) is 6.21. The monoisotopic (exact) mass is 406 g/mol. The molecule has 2 aromatic carbocycles. The van der Waals surface area contributed by atoms with Crippen LogP contribution in [0.4, 0.5) is 0 Å². The van der Waals surface area contributed by atoms with Crippen molar-refractivity contribution < 1.29 is 18.7 Å². The molecular formula is C19H16Cl2N2O4. The number of carbonyl (C=O) groups is 2. The van der Waals surface area contributed by atoms with E-state index in [1.54, 1.807) is 30.3 Å². The number of para-hydroxylation sites is 1. The lowest BCUT2D eigenvalue weighted by atomic mass is 10.2. The van der Waals surface area contributed by atoms with Crippen molar-refractivity contribution in [2.24, 2.45) is 0 Å². The number of hydrogen-bond acceptors (Lipinski definition) is 4. The standard InChI is InChI=1S/C19H16Cl2N2O4/c20-13-7-8-16(14(21)11-13)26-9-3-6-18(24)22-23-19(25)17-10-12-4-1-2-5-15(12)27-17/h1-2,4-5,7-8,10-11H,3,6,9H2,(H,22,24)(H,23,25). The van der Waals surface area contributed by atoms with Gasteiger partial charge in [-0.15, -0.1) is 0 Å². The second-order valence-corrected chi connectivity index (χ2v) is 6.52. The lowest BCUT2D eigenvalue weighted by Crippen LogP contribution is -2.41. The molecule has 6 nitrogen and oxygen atoms in total. The summed E-state index contributed by atoms with van der Waals surface area (Å²) in [5, 5.41) is 1.74. The van der Waals surface area contributed by atoms with Gasteiger partial charge in [-0.25, -0.2) is 0 Å². The van der Waals surface area contributed by atoms with Crippen molar-refractivity contribution in [1.29, 1.82) is 0 Å². The van der Waals surface area contributed by atoms with Gasteiger partial charge in [0.2, 0.25) is 5.91 Å². The fourth-order valence-electron chi connectivity index (χ4n) is 2.35. The van der Waals surface area contributed by atoms with Crippen LogP contribution in [0.15, 0.2) is 52.9 Å². The van der Waals surface area contributed by atoms with Gasteiger partial charge in [-0.3, -0.25) is 20.4 Å². The van der Waals surface area contributed by atoms with E-state index in [0.717, 1.165) is 5.39 Å². The Hall–Kier alpha value is -2.70. The molecule has 0 saturated heterocycles. The van der Waals surface area contributed by atoms with E-state index in [-0.39, 0.29) is 18.1 Å². The maximum Gasteiger partial charge on any atom is 0.305 e. The van der Waals surface area contributed by atoms with Gasteiger partial charge in [0.1, 0.15) is 11.3 Å². The van der Waals surface area contributed by atoms with E-state index in [2.05, 4.69) is 10.9 Å². The smallest absolute Gasteiger partial charge is 0.305 e. The van der Waals surface area contributed by atoms with Crippen molar-refractivity contribution in [2.75, 3.05) is 6.61 Å². The number of nitrogens with one attached hydrogen (secondary N) is 2. The van der Waals surface area contributed by atoms with Gasteiger partial charge in [0, 0.05) is 16.8 Å². The number of hydrogen-bond donors (Lipinski definition) is 2. The van der Waals surface area contributed by atoms with E-state index in [4.69, 9.17) is 32.4 Å². The largest absolute Gasteiger partial charge is 0.492 e. The first-order valence-corrected chi connectivity index (χ1v) is 8.94. The van der Waals surface area contributed by atoms with Crippen molar-refractivity contribution in [3.63, 3.8) is 0 Å². The highest BCUT2D eigenvalue weighted by atomic mass is 35.5. The Morgan fingerprint density at radius 2 is 1.85 bits per heavy atom. The summed E-state index contributed by atoms with van der Waals surface area (Å²) in [6.45, 7) is 0.298. The Balaban J connectivity index is 1.39. The average molecular weight is 407 g/mol. The quantitative estimate of drug-likeness (QED) is 0.470. The highest BCUT2D eigenvalue weighted by molar-refractivity contribution is 6.35. The van der Waals surface area contributed by atoms with Crippen LogP contribution < -0.4 is 15.6 Å². The number of furan rings is 1. The Morgan fingerprint density at radius 1 is 1.04 bits per heavy atom. The van der Waals surface area contributed by atoms with Gasteiger partial charge in [0.05, 0.1) is 11.6 Å². The van der Waals surface area contributed by atoms with Crippen LogP contribution in [0.5, 0.6) is 5.75 Å². The highest BCUT2D eigenvalue weighted by Crippen LogP contribution is 2.27. The molecule has 3 aromatic rings. The molecule has 8 heteroatoms. The van der Waals surface area contributed by atoms with Crippen LogP contribution in [0.3, 0.4) is 0 Å². The summed E-state index contributed by atoms with van der Waals surface area (Å²) >= 11 is 11.8. The molecule has 0 atom stereocenters. The molecule has 0 bridgehead atoms. The first-order chi connectivity index (χ1) is 13.0. The van der Waals surface area contributed by atoms with Gasteiger partial charge in [-0.05, 0) is 36.8 Å². The minimum absolute atomic E-state index is 0.122. The molecule has 27 heavy (non-hydrogen) atoms. The zero-order chi connectivity index (χ0) is 19.2. The van der Waals surface area contributed by atoms with E-state index in [9.17, 15) is 9.59 Å². The molecule has 0 spiro atoms. The average Bonchev–Trinajstić information content (AvgIpc) is 3.09. The summed E-state index contributed by atoms with van der Waals surface area (Å²) in [6, 6.07) is 13.8. The number of hydrazine groups is 1. The minimum Gasteiger partial charge on any atom is -0.492 e. The van der Waals surface area contributed by atoms with Gasteiger partial charge >= 0.3 is 5.91 Å². The summed E-state index contributed by atoms with van der Waals surface area (Å²) in [5.41, 5.74) is 5.27. The zero-order valence-electron chi connectivity index (χ0n) is 14.1. The molecule has 0 radical (unpaired) electrons. The van der Waals surface area contributed by atoms with E-state index in [0.29, 0.717) is 34.4 Å². The summed E-state index contributed by atoms with van der Waals surface area (Å²) in [7, 11) is 0. The van der Waals surface area contributed by atoms with Crippen molar-refractivity contribution in [3.8, 4) is 5.75 Å². The van der Waals surface area contributed by atoms with Crippen molar-refractivity contribution in [2.45, 2.75) is 12.8 Å². The predicted octanol–water partition coefficient (Wildman–Crippen LogP) is 4.36. The molecule has 0 fully saturated rings. The number of benzene rings is 2. The Bertz CT molecular complexity index is 938. The number of carbonyl (C=O) groups excluding carboxylic acids is 2. The number of amides is 2. The van der Waals surface area contributed by atoms with Crippen LogP contribution in [-0.4, -0.2) is 18.4 Å².